The van der Waals surface area contributed by atoms with E-state index in [1.807, 2.05) is 0 Å². The van der Waals surface area contributed by atoms with E-state index in [4.69, 9.17) is 0 Å². The van der Waals surface area contributed by atoms with Crippen LogP contribution in [-0.4, -0.2) is 6.71 Å². The Morgan fingerprint density at radius 2 is 0.598 bits per heavy atom. The van der Waals surface area contributed by atoms with Gasteiger partial charge in [-0.15, -0.1) is 0 Å². The van der Waals surface area contributed by atoms with Gasteiger partial charge in [0.05, 0.1) is 11.4 Å². The number of hydrogen-bond donors (Lipinski definition) is 0. The zero-order chi connectivity index (χ0) is 61.2. The second-order valence-corrected chi connectivity index (χ2v) is 24.8. The first-order chi connectivity index (χ1) is 45.5. The Morgan fingerprint density at radius 3 is 1.04 bits per heavy atom. The Labute approximate surface area is 539 Å². The van der Waals surface area contributed by atoms with Gasteiger partial charge in [0.25, 0.3) is 6.71 Å². The Morgan fingerprint density at radius 1 is 0.239 bits per heavy atom. The monoisotopic (exact) mass is 1170 g/mol. The van der Waals surface area contributed by atoms with E-state index in [9.17, 15) is 0 Å². The van der Waals surface area contributed by atoms with E-state index in [2.05, 4.69) is 363 Å². The maximum atomic E-state index is 2.70. The van der Waals surface area contributed by atoms with Crippen molar-refractivity contribution in [2.45, 2.75) is 19.8 Å². The van der Waals surface area contributed by atoms with Crippen molar-refractivity contribution in [2.75, 3.05) is 9.80 Å². The van der Waals surface area contributed by atoms with E-state index in [0.717, 1.165) is 61.7 Å². The van der Waals surface area contributed by atoms with Crippen LogP contribution in [0.4, 0.5) is 34.1 Å². The highest BCUT2D eigenvalue weighted by molar-refractivity contribution is 7.00. The third kappa shape index (κ3) is 9.11. The molecule has 0 unspecified atom stereocenters. The molecular formula is C89H63BN2. The van der Waals surface area contributed by atoms with Crippen molar-refractivity contribution >= 4 is 78.8 Å². The van der Waals surface area contributed by atoms with E-state index >= 15 is 0 Å². The molecule has 2 heterocycles. The molecule has 0 atom stereocenters. The SMILES string of the molecule is CC(C)c1cc2c3c(c1)N(c1c(-c4ccccc4)cccc1-c1ccccc1)c1cc(-c4c5ccccc5c(-c5ccccc5-c5ccccc5)c5ccccc45)ccc1B3c1cc(-c3ccccc3)ccc1N2c1c(-c2ccccc2)cccc1-c1ccccc1. The minimum atomic E-state index is -0.185. The Balaban J connectivity index is 1.02. The van der Waals surface area contributed by atoms with E-state index in [-0.39, 0.29) is 12.6 Å². The molecule has 0 fully saturated rings. The van der Waals surface area contributed by atoms with E-state index in [1.54, 1.807) is 0 Å². The van der Waals surface area contributed by atoms with Crippen LogP contribution in [0.15, 0.2) is 340 Å². The summed E-state index contributed by atoms with van der Waals surface area (Å²) in [6, 6.07) is 127. The number of benzene rings is 15. The maximum absolute atomic E-state index is 2.70. The van der Waals surface area contributed by atoms with Gasteiger partial charge < -0.3 is 9.80 Å². The lowest BCUT2D eigenvalue weighted by Gasteiger charge is -2.46. The summed E-state index contributed by atoms with van der Waals surface area (Å²) in [5, 5.41) is 4.86. The van der Waals surface area contributed by atoms with Gasteiger partial charge in [-0.1, -0.05) is 329 Å². The highest BCUT2D eigenvalue weighted by atomic mass is 15.2. The third-order valence-electron chi connectivity index (χ3n) is 19.2. The summed E-state index contributed by atoms with van der Waals surface area (Å²) in [6.07, 6.45) is 0. The summed E-state index contributed by atoms with van der Waals surface area (Å²) in [4.78, 5) is 5.36. The smallest absolute Gasteiger partial charge is 0.252 e. The predicted octanol–water partition coefficient (Wildman–Crippen LogP) is 22.5. The Bertz CT molecular complexity index is 5130. The van der Waals surface area contributed by atoms with Crippen LogP contribution in [0.1, 0.15) is 25.3 Å². The highest BCUT2D eigenvalue weighted by Crippen LogP contribution is 2.55. The van der Waals surface area contributed by atoms with E-state index in [0.29, 0.717) is 0 Å². The normalized spacial score (nSPS) is 12.3. The second kappa shape index (κ2) is 22.8. The van der Waals surface area contributed by atoms with Gasteiger partial charge in [0.15, 0.2) is 0 Å². The Hall–Kier alpha value is -11.5. The van der Waals surface area contributed by atoms with E-state index < -0.39 is 0 Å². The molecule has 0 aliphatic carbocycles. The van der Waals surface area contributed by atoms with Crippen LogP contribution >= 0.6 is 0 Å². The zero-order valence-electron chi connectivity index (χ0n) is 51.4. The fourth-order valence-electron chi connectivity index (χ4n) is 15.1. The molecule has 0 aromatic heterocycles. The standard InChI is InChI=1S/C89H63BN2/c1-59(2)68-57-83-87-84(58-68)92(89-72(64-37-17-7-18-38-64)49-28-50-73(89)65-39-19-8-20-40-65)82-56-67(85-75-43-23-25-45-77(75)86(78-46-26-24-44-76(78)85)74-42-22-21-41-69(74)61-31-11-4-12-32-61)51-53-79(82)90(87)80-55-66(60-29-9-3-10-30-60)52-54-81(80)91(83)88-70(62-33-13-5-14-34-62)47-27-48-71(88)63-35-15-6-16-36-63/h3-59H,1-2H3. The summed E-state index contributed by atoms with van der Waals surface area (Å²) < 4.78 is 0. The molecule has 0 N–H and O–H groups in total. The fourth-order valence-corrected chi connectivity index (χ4v) is 15.1. The highest BCUT2D eigenvalue weighted by Gasteiger charge is 2.46. The zero-order valence-corrected chi connectivity index (χ0v) is 51.4. The average molecular weight is 1170 g/mol. The lowest BCUT2D eigenvalue weighted by molar-refractivity contribution is 0.866. The molecule has 3 heteroatoms. The first-order valence-corrected chi connectivity index (χ1v) is 32.2. The fraction of sp³-hybridized carbons (Fsp3) is 0.0337. The van der Waals surface area contributed by atoms with Gasteiger partial charge in [-0.25, -0.2) is 0 Å². The predicted molar refractivity (Wildman–Crippen MR) is 393 cm³/mol. The summed E-state index contributed by atoms with van der Waals surface area (Å²) in [5.74, 6) is 0.174. The molecule has 0 bridgehead atoms. The number of hydrogen-bond acceptors (Lipinski definition) is 2. The van der Waals surface area contributed by atoms with Crippen LogP contribution in [0.2, 0.25) is 0 Å². The molecule has 0 spiro atoms. The number of fused-ring (bicyclic) bond motifs is 6. The molecule has 0 saturated carbocycles. The van der Waals surface area contributed by atoms with Gasteiger partial charge in [0, 0.05) is 45.0 Å². The minimum Gasteiger partial charge on any atom is -0.310 e. The summed E-state index contributed by atoms with van der Waals surface area (Å²) in [6.45, 7) is 4.53. The van der Waals surface area contributed by atoms with Gasteiger partial charge in [0.2, 0.25) is 0 Å². The van der Waals surface area contributed by atoms with Crippen LogP contribution in [-0.2, 0) is 0 Å². The molecule has 0 saturated heterocycles. The summed E-state index contributed by atoms with van der Waals surface area (Å²) in [7, 11) is 0. The molecule has 17 rings (SSSR count). The number of para-hydroxylation sites is 2. The topological polar surface area (TPSA) is 6.48 Å². The third-order valence-corrected chi connectivity index (χ3v) is 19.2. The van der Waals surface area contributed by atoms with Crippen LogP contribution in [0, 0.1) is 0 Å². The van der Waals surface area contributed by atoms with Gasteiger partial charge in [-0.05, 0) is 140 Å². The van der Waals surface area contributed by atoms with Crippen LogP contribution in [0.5, 0.6) is 0 Å². The molecule has 2 aliphatic rings. The molecule has 15 aromatic rings. The molecular weight excluding hydrogens is 1110 g/mol. The van der Waals surface area contributed by atoms with E-state index in [1.165, 1.54) is 105 Å². The van der Waals surface area contributed by atoms with Crippen molar-refractivity contribution < 1.29 is 0 Å². The number of anilines is 6. The van der Waals surface area contributed by atoms with Crippen LogP contribution < -0.4 is 26.2 Å². The molecule has 15 aromatic carbocycles. The van der Waals surface area contributed by atoms with Gasteiger partial charge in [-0.3, -0.25) is 0 Å². The molecule has 432 valence electrons. The number of nitrogens with zero attached hydrogens (tertiary/aromatic N) is 2. The molecule has 92 heavy (non-hydrogen) atoms. The maximum Gasteiger partial charge on any atom is 0.252 e. The molecule has 0 amide bonds. The van der Waals surface area contributed by atoms with Crippen molar-refractivity contribution in [1.29, 1.82) is 0 Å². The van der Waals surface area contributed by atoms with Crippen molar-refractivity contribution in [1.82, 2.24) is 0 Å². The van der Waals surface area contributed by atoms with Crippen molar-refractivity contribution in [2.24, 2.45) is 0 Å². The number of rotatable bonds is 11. The van der Waals surface area contributed by atoms with Gasteiger partial charge >= 0.3 is 0 Å². The summed E-state index contributed by atoms with van der Waals surface area (Å²) in [5.41, 5.74) is 30.9. The van der Waals surface area contributed by atoms with Gasteiger partial charge in [0.1, 0.15) is 0 Å². The first kappa shape index (κ1) is 54.6. The molecule has 2 aliphatic heterocycles. The average Bonchev–Trinajstić information content (AvgIpc) is 0.692. The van der Waals surface area contributed by atoms with Crippen molar-refractivity contribution in [3.05, 3.63) is 345 Å². The summed E-state index contributed by atoms with van der Waals surface area (Å²) >= 11 is 0. The van der Waals surface area contributed by atoms with Crippen LogP contribution in [0.3, 0.4) is 0 Å². The van der Waals surface area contributed by atoms with Crippen molar-refractivity contribution in [3.8, 4) is 89.0 Å². The molecule has 2 nitrogen and oxygen atoms in total. The lowest BCUT2D eigenvalue weighted by atomic mass is 9.33. The first-order valence-electron chi connectivity index (χ1n) is 32.2. The Kier molecular flexibility index (Phi) is 13.5. The molecule has 0 radical (unpaired) electrons. The van der Waals surface area contributed by atoms with Crippen molar-refractivity contribution in [3.63, 3.8) is 0 Å². The van der Waals surface area contributed by atoms with Gasteiger partial charge in [-0.2, -0.15) is 0 Å². The van der Waals surface area contributed by atoms with Crippen LogP contribution in [0.25, 0.3) is 111 Å². The quantitative estimate of drug-likeness (QED) is 0.0941. The largest absolute Gasteiger partial charge is 0.310 e. The lowest BCUT2D eigenvalue weighted by Crippen LogP contribution is -2.61. The second-order valence-electron chi connectivity index (χ2n) is 24.8. The minimum absolute atomic E-state index is 0.174.